The molecule has 3 unspecified atom stereocenters. The minimum absolute atomic E-state index is 0.0812. The first kappa shape index (κ1) is 35.5. The minimum Gasteiger partial charge on any atom is -0.457 e. The van der Waals surface area contributed by atoms with Gasteiger partial charge in [0.2, 0.25) is 0 Å². The lowest BCUT2D eigenvalue weighted by atomic mass is 10.0. The zero-order valence-electron chi connectivity index (χ0n) is 24.2. The molecule has 0 aromatic rings. The number of esters is 1. The number of unbranched alkanes of at least 4 members (excludes halogenated alkanes) is 13. The van der Waals surface area contributed by atoms with Crippen LogP contribution < -0.4 is 0 Å². The first-order valence-electron chi connectivity index (χ1n) is 14.2. The number of phosphoric ester groups is 1. The summed E-state index contributed by atoms with van der Waals surface area (Å²) in [5.74, 6) is -0.491. The molecule has 0 amide bonds. The van der Waals surface area contributed by atoms with Gasteiger partial charge in [0, 0.05) is 13.5 Å². The van der Waals surface area contributed by atoms with Crippen LogP contribution in [0.2, 0.25) is 0 Å². The fourth-order valence-corrected chi connectivity index (χ4v) is 4.74. The molecule has 0 radical (unpaired) electrons. The number of hydrogen-bond donors (Lipinski definition) is 1. The van der Waals surface area contributed by atoms with Gasteiger partial charge in [-0.3, -0.25) is 13.8 Å². The molecule has 8 nitrogen and oxygen atoms in total. The highest BCUT2D eigenvalue weighted by molar-refractivity contribution is 7.47. The van der Waals surface area contributed by atoms with Crippen molar-refractivity contribution in [3.05, 3.63) is 0 Å². The average Bonchev–Trinajstić information content (AvgIpc) is 2.76. The van der Waals surface area contributed by atoms with Gasteiger partial charge >= 0.3 is 13.8 Å². The van der Waals surface area contributed by atoms with Gasteiger partial charge in [0.1, 0.15) is 19.3 Å². The average molecular weight is 539 g/mol. The van der Waals surface area contributed by atoms with E-state index in [1.807, 2.05) is 21.1 Å². The summed E-state index contributed by atoms with van der Waals surface area (Å²) in [5, 5.41) is 0. The highest BCUT2D eigenvalue weighted by Gasteiger charge is 2.31. The molecule has 0 saturated carbocycles. The topological polar surface area (TPSA) is 91.3 Å². The largest absolute Gasteiger partial charge is 0.472 e. The molecule has 0 rings (SSSR count). The van der Waals surface area contributed by atoms with E-state index in [4.69, 9.17) is 18.5 Å². The predicted octanol–water partition coefficient (Wildman–Crippen LogP) is 6.64. The van der Waals surface area contributed by atoms with Crippen molar-refractivity contribution in [2.75, 3.05) is 47.5 Å². The maximum absolute atomic E-state index is 12.2. The number of phosphoric acid groups is 1. The van der Waals surface area contributed by atoms with E-state index in [-0.39, 0.29) is 13.2 Å². The van der Waals surface area contributed by atoms with Gasteiger partial charge in [0.25, 0.3) is 0 Å². The van der Waals surface area contributed by atoms with Crippen LogP contribution in [0.15, 0.2) is 0 Å². The molecular weight excluding hydrogens is 481 g/mol. The molecule has 0 fully saturated rings. The molecule has 0 aromatic heterocycles. The van der Waals surface area contributed by atoms with E-state index in [9.17, 15) is 14.3 Å². The Bertz CT molecular complexity index is 583. The second-order valence-corrected chi connectivity index (χ2v) is 12.4. The summed E-state index contributed by atoms with van der Waals surface area (Å²) in [7, 11) is 1.61. The lowest BCUT2D eigenvalue weighted by Crippen LogP contribution is -2.37. The molecule has 1 N–H and O–H groups in total. The van der Waals surface area contributed by atoms with Crippen LogP contribution >= 0.6 is 7.82 Å². The molecule has 0 saturated heterocycles. The second-order valence-electron chi connectivity index (χ2n) is 10.9. The predicted molar refractivity (Wildman–Crippen MR) is 146 cm³/mol. The molecule has 0 aliphatic carbocycles. The van der Waals surface area contributed by atoms with E-state index in [2.05, 4.69) is 6.92 Å². The zero-order chi connectivity index (χ0) is 27.3. The Morgan fingerprint density at radius 2 is 1.31 bits per heavy atom. The summed E-state index contributed by atoms with van der Waals surface area (Å²) in [4.78, 5) is 21.5. The highest BCUT2D eigenvalue weighted by Crippen LogP contribution is 2.45. The third-order valence-corrected chi connectivity index (χ3v) is 7.19. The number of rotatable bonds is 25. The molecule has 0 aliphatic heterocycles. The van der Waals surface area contributed by atoms with Gasteiger partial charge < -0.3 is 18.9 Å². The zero-order valence-corrected chi connectivity index (χ0v) is 25.1. The second kappa shape index (κ2) is 21.4. The Morgan fingerprint density at radius 1 is 0.833 bits per heavy atom. The molecule has 0 spiro atoms. The standard InChI is InChI=1S/C27H56NO7P/c1-7-8-9-10-11-12-13-14-15-16-17-18-19-20-22-32-24-27(34-26(3)29)25(2)35-36(30,31)33-23-21-28(4,5)6/h25,27H,7-24H2,1-6H3/p+1. The number of hydrogen-bond acceptors (Lipinski definition) is 6. The van der Waals surface area contributed by atoms with E-state index in [0.717, 1.165) is 12.8 Å². The van der Waals surface area contributed by atoms with Gasteiger partial charge in [-0.2, -0.15) is 0 Å². The van der Waals surface area contributed by atoms with Crippen LogP contribution in [-0.4, -0.2) is 75.1 Å². The Kier molecular flexibility index (Phi) is 21.1. The maximum Gasteiger partial charge on any atom is 0.472 e. The summed E-state index contributed by atoms with van der Waals surface area (Å²) in [6.45, 7) is 6.43. The summed E-state index contributed by atoms with van der Waals surface area (Å²) in [5.41, 5.74) is 0. The summed E-state index contributed by atoms with van der Waals surface area (Å²) < 4.78 is 34.1. The van der Waals surface area contributed by atoms with E-state index in [1.165, 1.54) is 84.0 Å². The van der Waals surface area contributed by atoms with Crippen LogP contribution in [0.5, 0.6) is 0 Å². The van der Waals surface area contributed by atoms with Crippen molar-refractivity contribution < 1.29 is 37.3 Å². The maximum atomic E-state index is 12.2. The first-order chi connectivity index (χ1) is 17.0. The molecule has 36 heavy (non-hydrogen) atoms. The van der Waals surface area contributed by atoms with E-state index in [1.54, 1.807) is 6.92 Å². The molecule has 0 aliphatic rings. The van der Waals surface area contributed by atoms with Gasteiger partial charge in [0.15, 0.2) is 6.10 Å². The molecule has 3 atom stereocenters. The van der Waals surface area contributed by atoms with Crippen LogP contribution in [0.3, 0.4) is 0 Å². The molecule has 0 aromatic carbocycles. The van der Waals surface area contributed by atoms with Crippen molar-refractivity contribution >= 4 is 13.8 Å². The molecule has 0 heterocycles. The first-order valence-corrected chi connectivity index (χ1v) is 15.7. The van der Waals surface area contributed by atoms with Crippen LogP contribution in [0.25, 0.3) is 0 Å². The summed E-state index contributed by atoms with van der Waals surface area (Å²) in [6.07, 6.45) is 16.5. The van der Waals surface area contributed by atoms with E-state index in [0.29, 0.717) is 17.6 Å². The Balaban J connectivity index is 3.93. The number of carbonyl (C=O) groups excluding carboxylic acids is 1. The van der Waals surface area contributed by atoms with E-state index < -0.39 is 26.0 Å². The van der Waals surface area contributed by atoms with Crippen molar-refractivity contribution in [2.45, 2.75) is 123 Å². The Labute approximate surface area is 221 Å². The van der Waals surface area contributed by atoms with Gasteiger partial charge in [-0.25, -0.2) is 4.57 Å². The molecule has 216 valence electrons. The Hall–Kier alpha value is -0.500. The monoisotopic (exact) mass is 538 g/mol. The minimum atomic E-state index is -4.26. The number of nitrogens with zero attached hydrogens (tertiary/aromatic N) is 1. The molecule has 9 heteroatoms. The van der Waals surface area contributed by atoms with Crippen LogP contribution in [-0.2, 0) is 27.9 Å². The van der Waals surface area contributed by atoms with Crippen molar-refractivity contribution in [3.63, 3.8) is 0 Å². The summed E-state index contributed by atoms with van der Waals surface area (Å²) in [6, 6.07) is 0. The van der Waals surface area contributed by atoms with Crippen molar-refractivity contribution in [1.29, 1.82) is 0 Å². The van der Waals surface area contributed by atoms with Crippen LogP contribution in [0.4, 0.5) is 0 Å². The number of likely N-dealkylation sites (N-methyl/N-ethyl adjacent to an activating group) is 1. The van der Waals surface area contributed by atoms with Gasteiger partial charge in [-0.15, -0.1) is 0 Å². The fraction of sp³-hybridized carbons (Fsp3) is 0.963. The Morgan fingerprint density at radius 3 is 1.75 bits per heavy atom. The van der Waals surface area contributed by atoms with Crippen molar-refractivity contribution in [3.8, 4) is 0 Å². The lowest BCUT2D eigenvalue weighted by molar-refractivity contribution is -0.870. The van der Waals surface area contributed by atoms with Crippen LogP contribution in [0.1, 0.15) is 111 Å². The third kappa shape index (κ3) is 23.9. The summed E-state index contributed by atoms with van der Waals surface area (Å²) >= 11 is 0. The molecule has 0 bridgehead atoms. The molecular formula is C27H57NO7P+. The normalized spacial score (nSPS) is 15.4. The smallest absolute Gasteiger partial charge is 0.457 e. The van der Waals surface area contributed by atoms with Gasteiger partial charge in [-0.1, -0.05) is 90.4 Å². The third-order valence-electron chi connectivity index (χ3n) is 6.08. The van der Waals surface area contributed by atoms with E-state index >= 15 is 0 Å². The number of carbonyl (C=O) groups is 1. The van der Waals surface area contributed by atoms with Crippen LogP contribution in [0, 0.1) is 0 Å². The van der Waals surface area contributed by atoms with Crippen molar-refractivity contribution in [1.82, 2.24) is 0 Å². The number of ether oxygens (including phenoxy) is 2. The highest BCUT2D eigenvalue weighted by atomic mass is 31.2. The fourth-order valence-electron chi connectivity index (χ4n) is 3.82. The SMILES string of the molecule is CCCCCCCCCCCCCCCCOCC(OC(C)=O)C(C)OP(=O)(O)OCC[N+](C)(C)C. The van der Waals surface area contributed by atoms with Crippen molar-refractivity contribution in [2.24, 2.45) is 0 Å². The quantitative estimate of drug-likeness (QED) is 0.0602. The van der Waals surface area contributed by atoms with Gasteiger partial charge in [-0.05, 0) is 13.3 Å². The number of quaternary nitrogens is 1. The van der Waals surface area contributed by atoms with Gasteiger partial charge in [0.05, 0.1) is 27.7 Å². The lowest BCUT2D eigenvalue weighted by Gasteiger charge is -2.26.